The molecule has 2 N–H and O–H groups in total. The van der Waals surface area contributed by atoms with Gasteiger partial charge in [-0.2, -0.15) is 5.10 Å². The Hall–Kier alpha value is -1.62. The summed E-state index contributed by atoms with van der Waals surface area (Å²) in [5.41, 5.74) is 2.43. The van der Waals surface area contributed by atoms with Gasteiger partial charge in [0.1, 0.15) is 10.3 Å². The normalized spacial score (nSPS) is 10.9. The third kappa shape index (κ3) is 5.30. The molecular weight excluding hydrogens is 501 g/mol. The zero-order chi connectivity index (χ0) is 21.0. The first kappa shape index (κ1) is 22.1. The number of pyridine rings is 1. The molecule has 0 aliphatic rings. The molecule has 0 spiro atoms. The number of aromatic nitrogens is 3. The zero-order valence-electron chi connectivity index (χ0n) is 15.4. The summed E-state index contributed by atoms with van der Waals surface area (Å²) in [4.78, 5) is 17.3. The Bertz CT molecular complexity index is 1050. The Balaban J connectivity index is 1.95. The highest BCUT2D eigenvalue weighted by Crippen LogP contribution is 2.28. The number of halogens is 3. The first-order valence-electron chi connectivity index (χ1n) is 8.32. The standard InChI is InChI=1S/C18H16BrCl2N5O2S/c1-10-6-12(20)7-11(9-28-29-22-2)16(10)24-18(27)14-8-15(19)25-26(14)17-13(21)4-3-5-23-17/h3-8,22H,9H2,1-2H3,(H,24,27). The average molecular weight is 517 g/mol. The van der Waals surface area contributed by atoms with Crippen LogP contribution in [-0.2, 0) is 10.8 Å². The van der Waals surface area contributed by atoms with Gasteiger partial charge in [0.05, 0.1) is 23.9 Å². The fourth-order valence-corrected chi connectivity index (χ4v) is 3.82. The van der Waals surface area contributed by atoms with Gasteiger partial charge < -0.3 is 5.32 Å². The number of carbonyl (C=O) groups is 1. The van der Waals surface area contributed by atoms with E-state index in [1.807, 2.05) is 6.92 Å². The minimum atomic E-state index is -0.377. The van der Waals surface area contributed by atoms with Gasteiger partial charge in [0, 0.05) is 28.5 Å². The van der Waals surface area contributed by atoms with Crippen LogP contribution in [-0.4, -0.2) is 27.7 Å². The number of hydrogen-bond acceptors (Lipinski definition) is 6. The molecule has 2 heterocycles. The lowest BCUT2D eigenvalue weighted by molar-refractivity contribution is 0.101. The Morgan fingerprint density at radius 2 is 2.14 bits per heavy atom. The number of aryl methyl sites for hydroxylation is 1. The molecule has 0 aliphatic carbocycles. The monoisotopic (exact) mass is 515 g/mol. The summed E-state index contributed by atoms with van der Waals surface area (Å²) in [5, 5.41) is 8.15. The number of nitrogens with one attached hydrogen (secondary N) is 2. The van der Waals surface area contributed by atoms with Crippen LogP contribution in [0.1, 0.15) is 21.6 Å². The lowest BCUT2D eigenvalue weighted by Crippen LogP contribution is -2.19. The van der Waals surface area contributed by atoms with Crippen LogP contribution >= 0.6 is 51.4 Å². The summed E-state index contributed by atoms with van der Waals surface area (Å²) in [6, 6.07) is 8.51. The minimum absolute atomic E-state index is 0.248. The number of hydrogen-bond donors (Lipinski definition) is 2. The summed E-state index contributed by atoms with van der Waals surface area (Å²) < 4.78 is 10.2. The lowest BCUT2D eigenvalue weighted by atomic mass is 10.1. The second-order valence-electron chi connectivity index (χ2n) is 5.83. The summed E-state index contributed by atoms with van der Waals surface area (Å²) in [7, 11) is 1.75. The van der Waals surface area contributed by atoms with Crippen molar-refractivity contribution in [2.24, 2.45) is 0 Å². The molecule has 3 aromatic rings. The third-order valence-electron chi connectivity index (χ3n) is 3.83. The van der Waals surface area contributed by atoms with Gasteiger partial charge in [0.25, 0.3) is 5.91 Å². The average Bonchev–Trinajstić information content (AvgIpc) is 3.06. The summed E-state index contributed by atoms with van der Waals surface area (Å²) in [6.45, 7) is 2.11. The fourth-order valence-electron chi connectivity index (χ4n) is 2.64. The summed E-state index contributed by atoms with van der Waals surface area (Å²) in [6.07, 6.45) is 1.58. The molecular formula is C18H16BrCl2N5O2S. The molecule has 7 nitrogen and oxygen atoms in total. The van der Waals surface area contributed by atoms with Crippen LogP contribution in [0.3, 0.4) is 0 Å². The van der Waals surface area contributed by atoms with E-state index in [4.69, 9.17) is 27.4 Å². The number of amides is 1. The van der Waals surface area contributed by atoms with Crippen molar-refractivity contribution in [3.05, 3.63) is 68.0 Å². The van der Waals surface area contributed by atoms with Gasteiger partial charge in [-0.3, -0.25) is 8.98 Å². The number of carbonyl (C=O) groups excluding carboxylic acids is 1. The predicted octanol–water partition coefficient (Wildman–Crippen LogP) is 5.20. The molecule has 11 heteroatoms. The SMILES string of the molecule is CNSOCc1cc(Cl)cc(C)c1NC(=O)c1cc(Br)nn1-c1ncccc1Cl. The zero-order valence-corrected chi connectivity index (χ0v) is 19.3. The van der Waals surface area contributed by atoms with Gasteiger partial charge in [0.15, 0.2) is 5.82 Å². The van der Waals surface area contributed by atoms with Crippen LogP contribution in [0.15, 0.2) is 41.1 Å². The second-order valence-corrected chi connectivity index (χ2v) is 8.30. The Kier molecular flexibility index (Phi) is 7.55. The largest absolute Gasteiger partial charge is 0.320 e. The van der Waals surface area contributed by atoms with Crippen LogP contribution in [0.25, 0.3) is 5.82 Å². The molecule has 0 unspecified atom stereocenters. The molecule has 1 aromatic carbocycles. The van der Waals surface area contributed by atoms with Crippen LogP contribution in [0.4, 0.5) is 5.69 Å². The van der Waals surface area contributed by atoms with Crippen LogP contribution in [0, 0.1) is 6.92 Å². The minimum Gasteiger partial charge on any atom is -0.320 e. The molecule has 0 fully saturated rings. The van der Waals surface area contributed by atoms with E-state index in [1.54, 1.807) is 43.6 Å². The second kappa shape index (κ2) is 9.92. The van der Waals surface area contributed by atoms with Crippen LogP contribution in [0.5, 0.6) is 0 Å². The van der Waals surface area contributed by atoms with E-state index in [9.17, 15) is 4.79 Å². The highest BCUT2D eigenvalue weighted by atomic mass is 79.9. The van der Waals surface area contributed by atoms with Crippen LogP contribution < -0.4 is 10.0 Å². The maximum Gasteiger partial charge on any atom is 0.274 e. The quantitative estimate of drug-likeness (QED) is 0.255. The molecule has 1 amide bonds. The molecule has 0 bridgehead atoms. The van der Waals surface area contributed by atoms with E-state index in [-0.39, 0.29) is 18.2 Å². The predicted molar refractivity (Wildman–Crippen MR) is 120 cm³/mol. The third-order valence-corrected chi connectivity index (χ3v) is 5.13. The van der Waals surface area contributed by atoms with E-state index < -0.39 is 0 Å². The number of nitrogens with zero attached hydrogens (tertiary/aromatic N) is 3. The molecule has 0 saturated heterocycles. The Morgan fingerprint density at radius 1 is 1.34 bits per heavy atom. The topological polar surface area (TPSA) is 81.1 Å². The van der Waals surface area contributed by atoms with E-state index in [0.29, 0.717) is 26.2 Å². The smallest absolute Gasteiger partial charge is 0.274 e. The summed E-state index contributed by atoms with van der Waals surface area (Å²) >= 11 is 16.8. The first-order chi connectivity index (χ1) is 13.9. The van der Waals surface area contributed by atoms with Crippen molar-refractivity contribution < 1.29 is 8.98 Å². The number of benzene rings is 1. The molecule has 0 aliphatic heterocycles. The van der Waals surface area contributed by atoms with Gasteiger partial charge in [-0.1, -0.05) is 23.2 Å². The van der Waals surface area contributed by atoms with Gasteiger partial charge in [0.2, 0.25) is 0 Å². The van der Waals surface area contributed by atoms with Crippen molar-refractivity contribution in [3.63, 3.8) is 0 Å². The Morgan fingerprint density at radius 3 is 2.86 bits per heavy atom. The highest BCUT2D eigenvalue weighted by molar-refractivity contribution is 9.10. The first-order valence-corrected chi connectivity index (χ1v) is 10.6. The van der Waals surface area contributed by atoms with Crippen molar-refractivity contribution >= 4 is 63.0 Å². The van der Waals surface area contributed by atoms with E-state index in [1.165, 1.54) is 4.68 Å². The molecule has 152 valence electrons. The molecule has 0 atom stereocenters. The Labute approximate surface area is 190 Å². The molecule has 2 aromatic heterocycles. The van der Waals surface area contributed by atoms with Gasteiger partial charge in [-0.15, -0.1) is 0 Å². The van der Waals surface area contributed by atoms with Crippen molar-refractivity contribution in [2.75, 3.05) is 12.4 Å². The van der Waals surface area contributed by atoms with E-state index in [2.05, 4.69) is 36.1 Å². The molecule has 29 heavy (non-hydrogen) atoms. The van der Waals surface area contributed by atoms with Crippen molar-refractivity contribution in [1.82, 2.24) is 19.5 Å². The van der Waals surface area contributed by atoms with Crippen molar-refractivity contribution in [1.29, 1.82) is 0 Å². The maximum absolute atomic E-state index is 13.1. The highest BCUT2D eigenvalue weighted by Gasteiger charge is 2.20. The van der Waals surface area contributed by atoms with Crippen LogP contribution in [0.2, 0.25) is 10.0 Å². The number of anilines is 1. The lowest BCUT2D eigenvalue weighted by Gasteiger charge is -2.15. The number of rotatable bonds is 7. The van der Waals surface area contributed by atoms with Gasteiger partial charge >= 0.3 is 0 Å². The van der Waals surface area contributed by atoms with E-state index in [0.717, 1.165) is 23.4 Å². The molecule has 0 radical (unpaired) electrons. The molecule has 3 rings (SSSR count). The fraction of sp³-hybridized carbons (Fsp3) is 0.167. The summed E-state index contributed by atoms with van der Waals surface area (Å²) in [5.74, 6) is -0.0234. The van der Waals surface area contributed by atoms with Gasteiger partial charge in [-0.25, -0.2) is 14.4 Å². The van der Waals surface area contributed by atoms with Gasteiger partial charge in [-0.05, 0) is 59.7 Å². The van der Waals surface area contributed by atoms with E-state index >= 15 is 0 Å². The molecule has 0 saturated carbocycles. The van der Waals surface area contributed by atoms with Crippen molar-refractivity contribution in [3.8, 4) is 5.82 Å². The maximum atomic E-state index is 13.1. The van der Waals surface area contributed by atoms with Crippen molar-refractivity contribution in [2.45, 2.75) is 13.5 Å².